The van der Waals surface area contributed by atoms with Crippen LogP contribution >= 0.6 is 0 Å². The Morgan fingerprint density at radius 2 is 2.22 bits per heavy atom. The lowest BCUT2D eigenvalue weighted by Crippen LogP contribution is -2.25. The van der Waals surface area contributed by atoms with E-state index in [0.29, 0.717) is 5.69 Å². The molecule has 0 N–H and O–H groups in total. The van der Waals surface area contributed by atoms with Gasteiger partial charge in [-0.25, -0.2) is 4.98 Å². The SMILES string of the molecule is CCCCN(CC)c1nc2ccccn2c1C=O. The van der Waals surface area contributed by atoms with Crippen molar-refractivity contribution in [3.63, 3.8) is 0 Å². The van der Waals surface area contributed by atoms with E-state index in [-0.39, 0.29) is 0 Å². The Balaban J connectivity index is 2.44. The van der Waals surface area contributed by atoms with Crippen molar-refractivity contribution in [1.29, 1.82) is 0 Å². The molecule has 0 bridgehead atoms. The first-order valence-electron chi connectivity index (χ1n) is 6.49. The van der Waals surface area contributed by atoms with E-state index in [9.17, 15) is 4.79 Å². The number of aromatic nitrogens is 2. The van der Waals surface area contributed by atoms with Gasteiger partial charge in [-0.1, -0.05) is 19.4 Å². The second-order valence-electron chi connectivity index (χ2n) is 4.30. The average Bonchev–Trinajstić information content (AvgIpc) is 2.78. The first-order valence-corrected chi connectivity index (χ1v) is 6.49. The van der Waals surface area contributed by atoms with Gasteiger partial charge in [0, 0.05) is 19.3 Å². The van der Waals surface area contributed by atoms with Gasteiger partial charge >= 0.3 is 0 Å². The average molecular weight is 245 g/mol. The maximum atomic E-state index is 11.3. The van der Waals surface area contributed by atoms with Crippen molar-refractivity contribution in [3.8, 4) is 0 Å². The van der Waals surface area contributed by atoms with Crippen molar-refractivity contribution in [3.05, 3.63) is 30.1 Å². The molecule has 4 heteroatoms. The van der Waals surface area contributed by atoms with Crippen LogP contribution in [0.4, 0.5) is 5.82 Å². The topological polar surface area (TPSA) is 37.6 Å². The van der Waals surface area contributed by atoms with Gasteiger partial charge in [0.05, 0.1) is 0 Å². The summed E-state index contributed by atoms with van der Waals surface area (Å²) in [6.07, 6.45) is 5.02. The third kappa shape index (κ3) is 2.23. The number of anilines is 1. The molecule has 0 aliphatic carbocycles. The van der Waals surface area contributed by atoms with Crippen LogP contribution in [0, 0.1) is 0 Å². The summed E-state index contributed by atoms with van der Waals surface area (Å²) in [6, 6.07) is 5.76. The number of hydrogen-bond acceptors (Lipinski definition) is 3. The number of fused-ring (bicyclic) bond motifs is 1. The summed E-state index contributed by atoms with van der Waals surface area (Å²) >= 11 is 0. The minimum absolute atomic E-state index is 0.642. The Morgan fingerprint density at radius 1 is 1.39 bits per heavy atom. The van der Waals surface area contributed by atoms with Gasteiger partial charge < -0.3 is 4.90 Å². The first kappa shape index (κ1) is 12.6. The number of unbranched alkanes of at least 4 members (excludes halogenated alkanes) is 1. The lowest BCUT2D eigenvalue weighted by molar-refractivity contribution is 0.111. The summed E-state index contributed by atoms with van der Waals surface area (Å²) in [6.45, 7) is 6.06. The predicted octanol–water partition coefficient (Wildman–Crippen LogP) is 2.77. The minimum Gasteiger partial charge on any atom is -0.355 e. The van der Waals surface area contributed by atoms with Crippen molar-refractivity contribution in [1.82, 2.24) is 9.38 Å². The molecule has 0 saturated heterocycles. The smallest absolute Gasteiger partial charge is 0.170 e. The molecule has 2 aromatic rings. The minimum atomic E-state index is 0.642. The third-order valence-electron chi connectivity index (χ3n) is 3.12. The van der Waals surface area contributed by atoms with Crippen LogP contribution in [0.5, 0.6) is 0 Å². The molecule has 0 saturated carbocycles. The van der Waals surface area contributed by atoms with Crippen LogP contribution in [-0.2, 0) is 0 Å². The lowest BCUT2D eigenvalue weighted by atomic mass is 10.3. The van der Waals surface area contributed by atoms with Crippen LogP contribution < -0.4 is 4.90 Å². The molecule has 0 atom stereocenters. The quantitative estimate of drug-likeness (QED) is 0.734. The molecule has 0 spiro atoms. The molecule has 0 amide bonds. The number of carbonyl (C=O) groups is 1. The fourth-order valence-corrected chi connectivity index (χ4v) is 2.11. The molecule has 2 heterocycles. The Kier molecular flexibility index (Phi) is 3.97. The molecule has 0 aromatic carbocycles. The number of imidazole rings is 1. The van der Waals surface area contributed by atoms with E-state index in [1.54, 1.807) is 0 Å². The molecule has 0 fully saturated rings. The van der Waals surface area contributed by atoms with Gasteiger partial charge in [0.15, 0.2) is 12.1 Å². The highest BCUT2D eigenvalue weighted by atomic mass is 16.1. The Hall–Kier alpha value is -1.84. The lowest BCUT2D eigenvalue weighted by Gasteiger charge is -2.20. The number of carbonyl (C=O) groups excluding carboxylic acids is 1. The van der Waals surface area contributed by atoms with E-state index in [2.05, 4.69) is 23.7 Å². The van der Waals surface area contributed by atoms with Crippen molar-refractivity contribution >= 4 is 17.8 Å². The summed E-state index contributed by atoms with van der Waals surface area (Å²) in [5.41, 5.74) is 1.47. The summed E-state index contributed by atoms with van der Waals surface area (Å²) in [5.74, 6) is 0.798. The van der Waals surface area contributed by atoms with Gasteiger partial charge in [-0.2, -0.15) is 0 Å². The molecule has 18 heavy (non-hydrogen) atoms. The number of nitrogens with zero attached hydrogens (tertiary/aromatic N) is 3. The highest BCUT2D eigenvalue weighted by molar-refractivity contribution is 5.83. The third-order valence-corrected chi connectivity index (χ3v) is 3.12. The molecule has 0 aliphatic heterocycles. The fourth-order valence-electron chi connectivity index (χ4n) is 2.11. The predicted molar refractivity (Wildman–Crippen MR) is 73.4 cm³/mol. The van der Waals surface area contributed by atoms with Crippen molar-refractivity contribution < 1.29 is 4.79 Å². The van der Waals surface area contributed by atoms with Crippen LogP contribution in [-0.4, -0.2) is 28.8 Å². The zero-order valence-corrected chi connectivity index (χ0v) is 11.0. The summed E-state index contributed by atoms with van der Waals surface area (Å²) in [4.78, 5) is 18.0. The highest BCUT2D eigenvalue weighted by Gasteiger charge is 2.15. The van der Waals surface area contributed by atoms with Gasteiger partial charge in [0.25, 0.3) is 0 Å². The fraction of sp³-hybridized carbons (Fsp3) is 0.429. The van der Waals surface area contributed by atoms with E-state index in [0.717, 1.165) is 43.7 Å². The zero-order chi connectivity index (χ0) is 13.0. The molecule has 0 unspecified atom stereocenters. The van der Waals surface area contributed by atoms with Gasteiger partial charge in [-0.3, -0.25) is 9.20 Å². The summed E-state index contributed by atoms with van der Waals surface area (Å²) in [7, 11) is 0. The Labute approximate surface area is 107 Å². The number of rotatable bonds is 6. The molecule has 0 radical (unpaired) electrons. The van der Waals surface area contributed by atoms with Gasteiger partial charge in [-0.05, 0) is 25.5 Å². The maximum absolute atomic E-state index is 11.3. The second kappa shape index (κ2) is 5.67. The van der Waals surface area contributed by atoms with E-state index in [1.165, 1.54) is 0 Å². The largest absolute Gasteiger partial charge is 0.355 e. The molecule has 96 valence electrons. The Bertz CT molecular complexity index is 533. The standard InChI is InChI=1S/C14H19N3O/c1-3-5-9-16(4-2)14-12(11-18)17-10-7-6-8-13(17)15-14/h6-8,10-11H,3-5,9H2,1-2H3. The zero-order valence-electron chi connectivity index (χ0n) is 11.0. The second-order valence-corrected chi connectivity index (χ2v) is 4.30. The molecule has 0 aliphatic rings. The monoisotopic (exact) mass is 245 g/mol. The first-order chi connectivity index (χ1) is 8.81. The summed E-state index contributed by atoms with van der Waals surface area (Å²) < 4.78 is 1.84. The van der Waals surface area contributed by atoms with Crippen LogP contribution in [0.15, 0.2) is 24.4 Å². The van der Waals surface area contributed by atoms with E-state index < -0.39 is 0 Å². The van der Waals surface area contributed by atoms with E-state index >= 15 is 0 Å². The molecular formula is C14H19N3O. The molecule has 2 rings (SSSR count). The van der Waals surface area contributed by atoms with Gasteiger partial charge in [0.1, 0.15) is 11.3 Å². The molecular weight excluding hydrogens is 226 g/mol. The number of pyridine rings is 1. The highest BCUT2D eigenvalue weighted by Crippen LogP contribution is 2.20. The van der Waals surface area contributed by atoms with Crippen molar-refractivity contribution in [2.45, 2.75) is 26.7 Å². The number of hydrogen-bond donors (Lipinski definition) is 0. The van der Waals surface area contributed by atoms with Crippen LogP contribution in [0.25, 0.3) is 5.65 Å². The maximum Gasteiger partial charge on any atom is 0.170 e. The Morgan fingerprint density at radius 3 is 2.89 bits per heavy atom. The van der Waals surface area contributed by atoms with Gasteiger partial charge in [0.2, 0.25) is 0 Å². The van der Waals surface area contributed by atoms with Crippen LogP contribution in [0.2, 0.25) is 0 Å². The van der Waals surface area contributed by atoms with Crippen molar-refractivity contribution in [2.24, 2.45) is 0 Å². The molecule has 4 nitrogen and oxygen atoms in total. The summed E-state index contributed by atoms with van der Waals surface area (Å²) in [5, 5.41) is 0. The van der Waals surface area contributed by atoms with E-state index in [1.807, 2.05) is 28.8 Å². The van der Waals surface area contributed by atoms with E-state index in [4.69, 9.17) is 0 Å². The van der Waals surface area contributed by atoms with Crippen LogP contribution in [0.3, 0.4) is 0 Å². The van der Waals surface area contributed by atoms with Crippen LogP contribution in [0.1, 0.15) is 37.2 Å². The van der Waals surface area contributed by atoms with Crippen molar-refractivity contribution in [2.75, 3.05) is 18.0 Å². The normalized spacial score (nSPS) is 10.8. The molecule has 2 aromatic heterocycles. The van der Waals surface area contributed by atoms with Gasteiger partial charge in [-0.15, -0.1) is 0 Å². The number of aldehydes is 1.